The number of hydrogen-bond donors (Lipinski definition) is 1. The van der Waals surface area contributed by atoms with Crippen LogP contribution in [0.4, 0.5) is 5.95 Å². The number of benzene rings is 1. The van der Waals surface area contributed by atoms with Gasteiger partial charge in [0.1, 0.15) is 12.0 Å². The van der Waals surface area contributed by atoms with Crippen molar-refractivity contribution in [3.05, 3.63) is 40.7 Å². The summed E-state index contributed by atoms with van der Waals surface area (Å²) in [6, 6.07) is 5.35. The Labute approximate surface area is 152 Å². The molecule has 0 spiro atoms. The highest BCUT2D eigenvalue weighted by Gasteiger charge is 2.19. The van der Waals surface area contributed by atoms with Crippen LogP contribution < -0.4 is 5.32 Å². The normalized spacial score (nSPS) is 11.1. The van der Waals surface area contributed by atoms with Crippen LogP contribution >= 0.6 is 0 Å². The van der Waals surface area contributed by atoms with Crippen LogP contribution in [-0.4, -0.2) is 31.5 Å². The average Bonchev–Trinajstić information content (AvgIpc) is 3.16. The third-order valence-electron chi connectivity index (χ3n) is 4.30. The van der Waals surface area contributed by atoms with Gasteiger partial charge in [-0.15, -0.1) is 0 Å². The van der Waals surface area contributed by atoms with Gasteiger partial charge in [-0.2, -0.15) is 5.10 Å². The summed E-state index contributed by atoms with van der Waals surface area (Å²) in [6.45, 7) is 9.16. The van der Waals surface area contributed by atoms with E-state index in [1.807, 2.05) is 31.4 Å². The second kappa shape index (κ2) is 7.11. The number of aryl methyl sites for hydroxylation is 4. The van der Waals surface area contributed by atoms with E-state index in [1.54, 1.807) is 16.8 Å². The summed E-state index contributed by atoms with van der Waals surface area (Å²) >= 11 is 0. The molecule has 0 bridgehead atoms. The molecule has 2 aromatic heterocycles. The predicted molar refractivity (Wildman–Crippen MR) is 101 cm³/mol. The van der Waals surface area contributed by atoms with E-state index in [2.05, 4.69) is 22.3 Å². The Kier molecular flexibility index (Phi) is 4.88. The van der Waals surface area contributed by atoms with Crippen molar-refractivity contribution in [3.63, 3.8) is 0 Å². The molecule has 26 heavy (non-hydrogen) atoms. The molecule has 0 atom stereocenters. The maximum absolute atomic E-state index is 12.8. The van der Waals surface area contributed by atoms with Gasteiger partial charge in [-0.05, 0) is 51.0 Å². The zero-order valence-corrected chi connectivity index (χ0v) is 15.5. The highest BCUT2D eigenvalue weighted by molar-refractivity contribution is 6.03. The first-order valence-electron chi connectivity index (χ1n) is 8.80. The number of aldehydes is 1. The van der Waals surface area contributed by atoms with Crippen LogP contribution in [-0.2, 0) is 13.1 Å². The summed E-state index contributed by atoms with van der Waals surface area (Å²) in [6.07, 6.45) is 1.71. The quantitative estimate of drug-likeness (QED) is 0.689. The van der Waals surface area contributed by atoms with E-state index in [0.717, 1.165) is 36.0 Å². The molecule has 3 rings (SSSR count). The van der Waals surface area contributed by atoms with E-state index >= 15 is 0 Å². The summed E-state index contributed by atoms with van der Waals surface area (Å²) in [5.41, 5.74) is 4.48. The Morgan fingerprint density at radius 2 is 2.00 bits per heavy atom. The number of imidazole rings is 1. The van der Waals surface area contributed by atoms with E-state index in [1.165, 1.54) is 0 Å². The number of carbonyl (C=O) groups is 2. The molecule has 1 N–H and O–H groups in total. The van der Waals surface area contributed by atoms with E-state index in [0.29, 0.717) is 29.3 Å². The molecule has 7 heteroatoms. The van der Waals surface area contributed by atoms with Gasteiger partial charge in [0, 0.05) is 18.7 Å². The minimum Gasteiger partial charge on any atom is -0.310 e. The molecule has 2 heterocycles. The Bertz CT molecular complexity index is 984. The van der Waals surface area contributed by atoms with Gasteiger partial charge in [-0.25, -0.2) is 4.98 Å². The van der Waals surface area contributed by atoms with Crippen LogP contribution in [0.2, 0.25) is 0 Å². The van der Waals surface area contributed by atoms with Gasteiger partial charge in [-0.3, -0.25) is 19.6 Å². The Balaban J connectivity index is 2.06. The monoisotopic (exact) mass is 353 g/mol. The number of fused-ring (bicyclic) bond motifs is 1. The predicted octanol–water partition coefficient (Wildman–Crippen LogP) is 3.34. The first-order chi connectivity index (χ1) is 12.5. The molecule has 1 aromatic carbocycles. The van der Waals surface area contributed by atoms with Crippen molar-refractivity contribution in [3.8, 4) is 0 Å². The molecular weight excluding hydrogens is 330 g/mol. The highest BCUT2D eigenvalue weighted by Crippen LogP contribution is 2.25. The van der Waals surface area contributed by atoms with Gasteiger partial charge in [-0.1, -0.05) is 6.92 Å². The van der Waals surface area contributed by atoms with Crippen LogP contribution in [0.5, 0.6) is 0 Å². The topological polar surface area (TPSA) is 81.8 Å². The van der Waals surface area contributed by atoms with Crippen LogP contribution in [0, 0.1) is 13.8 Å². The van der Waals surface area contributed by atoms with Gasteiger partial charge in [0.15, 0.2) is 0 Å². The molecule has 1 amide bonds. The standard InChI is InChI=1S/C19H23N5O2/c1-5-7-23-17-12(3)8-14(11-25)10-15(17)20-19(23)21-18(26)16-9-13(4)22-24(16)6-2/h8-11H,5-7H2,1-4H3,(H,20,21,26). The van der Waals surface area contributed by atoms with Crippen molar-refractivity contribution in [2.45, 2.75) is 47.2 Å². The molecule has 7 nitrogen and oxygen atoms in total. The van der Waals surface area contributed by atoms with Crippen molar-refractivity contribution >= 4 is 29.2 Å². The van der Waals surface area contributed by atoms with Crippen molar-refractivity contribution < 1.29 is 9.59 Å². The smallest absolute Gasteiger partial charge is 0.276 e. The summed E-state index contributed by atoms with van der Waals surface area (Å²) in [5, 5.41) is 7.24. The van der Waals surface area contributed by atoms with Crippen molar-refractivity contribution in [2.75, 3.05) is 5.32 Å². The Morgan fingerprint density at radius 3 is 2.65 bits per heavy atom. The highest BCUT2D eigenvalue weighted by atomic mass is 16.2. The van der Waals surface area contributed by atoms with Gasteiger partial charge in [0.25, 0.3) is 5.91 Å². The average molecular weight is 353 g/mol. The van der Waals surface area contributed by atoms with Crippen LogP contribution in [0.3, 0.4) is 0 Å². The number of nitrogens with zero attached hydrogens (tertiary/aromatic N) is 4. The van der Waals surface area contributed by atoms with E-state index in [9.17, 15) is 9.59 Å². The third-order valence-corrected chi connectivity index (χ3v) is 4.30. The number of rotatable bonds is 6. The number of nitrogens with one attached hydrogen (secondary N) is 1. The zero-order valence-electron chi connectivity index (χ0n) is 15.5. The largest absolute Gasteiger partial charge is 0.310 e. The molecule has 0 unspecified atom stereocenters. The lowest BCUT2D eigenvalue weighted by molar-refractivity contribution is 0.101. The van der Waals surface area contributed by atoms with E-state index in [4.69, 9.17) is 0 Å². The maximum atomic E-state index is 12.8. The fraction of sp³-hybridized carbons (Fsp3) is 0.368. The molecule has 0 fully saturated rings. The van der Waals surface area contributed by atoms with Gasteiger partial charge < -0.3 is 4.57 Å². The second-order valence-electron chi connectivity index (χ2n) is 6.35. The fourth-order valence-corrected chi connectivity index (χ4v) is 3.24. The molecule has 0 saturated heterocycles. The van der Waals surface area contributed by atoms with Crippen LogP contribution in [0.25, 0.3) is 11.0 Å². The molecule has 0 aliphatic carbocycles. The lowest BCUT2D eigenvalue weighted by Crippen LogP contribution is -2.20. The molecule has 0 aliphatic heterocycles. The number of anilines is 1. The van der Waals surface area contributed by atoms with E-state index in [-0.39, 0.29) is 5.91 Å². The van der Waals surface area contributed by atoms with Crippen molar-refractivity contribution in [1.29, 1.82) is 0 Å². The van der Waals surface area contributed by atoms with Gasteiger partial charge in [0.2, 0.25) is 5.95 Å². The number of carbonyl (C=O) groups excluding carboxylic acids is 2. The van der Waals surface area contributed by atoms with Crippen LogP contribution in [0.1, 0.15) is 52.4 Å². The lowest BCUT2D eigenvalue weighted by Gasteiger charge is -2.10. The minimum absolute atomic E-state index is 0.242. The Morgan fingerprint density at radius 1 is 1.23 bits per heavy atom. The van der Waals surface area contributed by atoms with Crippen molar-refractivity contribution in [2.24, 2.45) is 0 Å². The fourth-order valence-electron chi connectivity index (χ4n) is 3.24. The maximum Gasteiger partial charge on any atom is 0.276 e. The molecule has 3 aromatic rings. The summed E-state index contributed by atoms with van der Waals surface area (Å²) in [7, 11) is 0. The van der Waals surface area contributed by atoms with Crippen LogP contribution in [0.15, 0.2) is 18.2 Å². The summed E-state index contributed by atoms with van der Waals surface area (Å²) < 4.78 is 3.67. The SMILES string of the molecule is CCCn1c(NC(=O)c2cc(C)nn2CC)nc2cc(C=O)cc(C)c21. The third kappa shape index (κ3) is 3.12. The molecular formula is C19H23N5O2. The van der Waals surface area contributed by atoms with Crippen molar-refractivity contribution in [1.82, 2.24) is 19.3 Å². The lowest BCUT2D eigenvalue weighted by atomic mass is 10.1. The first-order valence-corrected chi connectivity index (χ1v) is 8.80. The minimum atomic E-state index is -0.242. The number of amides is 1. The van der Waals surface area contributed by atoms with E-state index < -0.39 is 0 Å². The molecule has 0 radical (unpaired) electrons. The molecule has 0 saturated carbocycles. The first kappa shape index (κ1) is 17.8. The number of aromatic nitrogens is 4. The summed E-state index contributed by atoms with van der Waals surface area (Å²) in [5.74, 6) is 0.243. The number of hydrogen-bond acceptors (Lipinski definition) is 4. The molecule has 136 valence electrons. The Hall–Kier alpha value is -2.96. The van der Waals surface area contributed by atoms with Gasteiger partial charge >= 0.3 is 0 Å². The molecule has 0 aliphatic rings. The van der Waals surface area contributed by atoms with Gasteiger partial charge in [0.05, 0.1) is 16.7 Å². The second-order valence-corrected chi connectivity index (χ2v) is 6.35. The zero-order chi connectivity index (χ0) is 18.8. The summed E-state index contributed by atoms with van der Waals surface area (Å²) in [4.78, 5) is 28.5.